The molecule has 0 atom stereocenters. The lowest BCUT2D eigenvalue weighted by molar-refractivity contribution is 0.0600. The second-order valence-corrected chi connectivity index (χ2v) is 4.59. The van der Waals surface area contributed by atoms with Crippen LogP contribution in [0.25, 0.3) is 11.0 Å². The Morgan fingerprint density at radius 3 is 2.73 bits per heavy atom. The summed E-state index contributed by atoms with van der Waals surface area (Å²) in [4.78, 5) is 18.8. The Labute approximate surface area is 126 Å². The SMILES string of the molecule is COC(=O)c1ccc(/C=N/Nc2nc3ccccc3[nH]2)cc1. The van der Waals surface area contributed by atoms with Crippen LogP contribution in [-0.4, -0.2) is 29.3 Å². The fourth-order valence-electron chi connectivity index (χ4n) is 2.00. The molecule has 0 aliphatic carbocycles. The molecule has 0 bridgehead atoms. The van der Waals surface area contributed by atoms with Crippen LogP contribution in [0.3, 0.4) is 0 Å². The van der Waals surface area contributed by atoms with E-state index in [0.29, 0.717) is 11.5 Å². The van der Waals surface area contributed by atoms with E-state index >= 15 is 0 Å². The first-order valence-electron chi connectivity index (χ1n) is 6.68. The van der Waals surface area contributed by atoms with Gasteiger partial charge in [0.2, 0.25) is 5.95 Å². The van der Waals surface area contributed by atoms with Crippen molar-refractivity contribution in [3.05, 3.63) is 59.7 Å². The zero-order chi connectivity index (χ0) is 15.4. The van der Waals surface area contributed by atoms with E-state index in [0.717, 1.165) is 16.6 Å². The van der Waals surface area contributed by atoms with E-state index in [1.807, 2.05) is 24.3 Å². The van der Waals surface area contributed by atoms with Crippen molar-refractivity contribution in [3.8, 4) is 0 Å². The van der Waals surface area contributed by atoms with E-state index in [2.05, 4.69) is 25.2 Å². The number of hydrazone groups is 1. The van der Waals surface area contributed by atoms with Crippen LogP contribution in [0.2, 0.25) is 0 Å². The van der Waals surface area contributed by atoms with E-state index in [4.69, 9.17) is 0 Å². The lowest BCUT2D eigenvalue weighted by Gasteiger charge is -1.99. The number of hydrogen-bond donors (Lipinski definition) is 2. The molecule has 6 nitrogen and oxygen atoms in total. The molecule has 3 rings (SSSR count). The van der Waals surface area contributed by atoms with Gasteiger partial charge in [-0.25, -0.2) is 15.2 Å². The number of nitrogens with zero attached hydrogens (tertiary/aromatic N) is 2. The lowest BCUT2D eigenvalue weighted by Crippen LogP contribution is -2.00. The quantitative estimate of drug-likeness (QED) is 0.440. The number of rotatable bonds is 4. The van der Waals surface area contributed by atoms with E-state index < -0.39 is 0 Å². The Bertz CT molecular complexity index is 789. The summed E-state index contributed by atoms with van der Waals surface area (Å²) in [6, 6.07) is 14.7. The first-order chi connectivity index (χ1) is 10.8. The first-order valence-corrected chi connectivity index (χ1v) is 6.68. The Balaban J connectivity index is 1.67. The van der Waals surface area contributed by atoms with Gasteiger partial charge in [-0.05, 0) is 29.8 Å². The highest BCUT2D eigenvalue weighted by molar-refractivity contribution is 5.90. The minimum Gasteiger partial charge on any atom is -0.465 e. The molecule has 3 aromatic rings. The number of methoxy groups -OCH3 is 1. The monoisotopic (exact) mass is 294 g/mol. The van der Waals surface area contributed by atoms with Crippen molar-refractivity contribution in [1.82, 2.24) is 9.97 Å². The lowest BCUT2D eigenvalue weighted by atomic mass is 10.1. The third-order valence-corrected chi connectivity index (χ3v) is 3.11. The number of para-hydroxylation sites is 2. The highest BCUT2D eigenvalue weighted by Gasteiger charge is 2.03. The fourth-order valence-corrected chi connectivity index (χ4v) is 2.00. The number of H-pyrrole nitrogens is 1. The van der Waals surface area contributed by atoms with Crippen molar-refractivity contribution < 1.29 is 9.53 Å². The van der Waals surface area contributed by atoms with Gasteiger partial charge in [0.15, 0.2) is 0 Å². The van der Waals surface area contributed by atoms with Crippen LogP contribution in [0.15, 0.2) is 53.6 Å². The Morgan fingerprint density at radius 1 is 1.23 bits per heavy atom. The van der Waals surface area contributed by atoms with Crippen LogP contribution in [0, 0.1) is 0 Å². The highest BCUT2D eigenvalue weighted by Crippen LogP contribution is 2.13. The summed E-state index contributed by atoms with van der Waals surface area (Å²) in [5, 5.41) is 4.12. The molecule has 2 aromatic carbocycles. The van der Waals surface area contributed by atoms with E-state index in [-0.39, 0.29) is 5.97 Å². The second kappa shape index (κ2) is 6.09. The summed E-state index contributed by atoms with van der Waals surface area (Å²) in [5.74, 6) is 0.215. The number of esters is 1. The maximum absolute atomic E-state index is 11.3. The average Bonchev–Trinajstić information content (AvgIpc) is 2.97. The largest absolute Gasteiger partial charge is 0.465 e. The highest BCUT2D eigenvalue weighted by atomic mass is 16.5. The Morgan fingerprint density at radius 2 is 2.00 bits per heavy atom. The van der Waals surface area contributed by atoms with Crippen molar-refractivity contribution in [3.63, 3.8) is 0 Å². The number of carbonyl (C=O) groups excluding carboxylic acids is 1. The molecule has 2 N–H and O–H groups in total. The standard InChI is InChI=1S/C16H14N4O2/c1-22-15(21)12-8-6-11(7-9-12)10-17-20-16-18-13-4-2-3-5-14(13)19-16/h2-10H,1H3,(H2,18,19,20)/b17-10+. The number of hydrogen-bond acceptors (Lipinski definition) is 5. The number of aromatic amines is 1. The zero-order valence-electron chi connectivity index (χ0n) is 11.9. The van der Waals surface area contributed by atoms with Gasteiger partial charge >= 0.3 is 5.97 Å². The van der Waals surface area contributed by atoms with Crippen molar-refractivity contribution in [2.45, 2.75) is 0 Å². The molecule has 0 unspecified atom stereocenters. The predicted molar refractivity (Wildman–Crippen MR) is 85.1 cm³/mol. The van der Waals surface area contributed by atoms with Crippen LogP contribution >= 0.6 is 0 Å². The number of aromatic nitrogens is 2. The molecule has 110 valence electrons. The summed E-state index contributed by atoms with van der Waals surface area (Å²) >= 11 is 0. The number of imidazole rings is 1. The minimum absolute atomic E-state index is 0.358. The number of nitrogens with one attached hydrogen (secondary N) is 2. The van der Waals surface area contributed by atoms with Gasteiger partial charge in [0.1, 0.15) is 0 Å². The summed E-state index contributed by atoms with van der Waals surface area (Å²) in [5.41, 5.74) is 6.03. The van der Waals surface area contributed by atoms with Crippen LogP contribution in [0.4, 0.5) is 5.95 Å². The van der Waals surface area contributed by atoms with Gasteiger partial charge < -0.3 is 9.72 Å². The molecule has 0 saturated carbocycles. The number of benzene rings is 2. The smallest absolute Gasteiger partial charge is 0.337 e. The number of fused-ring (bicyclic) bond motifs is 1. The van der Waals surface area contributed by atoms with Gasteiger partial charge in [0.25, 0.3) is 0 Å². The molecule has 0 radical (unpaired) electrons. The Kier molecular flexibility index (Phi) is 3.82. The second-order valence-electron chi connectivity index (χ2n) is 4.59. The number of anilines is 1. The minimum atomic E-state index is -0.358. The van der Waals surface area contributed by atoms with E-state index in [1.54, 1.807) is 30.5 Å². The van der Waals surface area contributed by atoms with Crippen molar-refractivity contribution in [2.24, 2.45) is 5.10 Å². The third-order valence-electron chi connectivity index (χ3n) is 3.11. The van der Waals surface area contributed by atoms with E-state index in [1.165, 1.54) is 7.11 Å². The molecule has 1 aromatic heterocycles. The first kappa shape index (κ1) is 13.8. The summed E-state index contributed by atoms with van der Waals surface area (Å²) in [7, 11) is 1.36. The molecule has 0 saturated heterocycles. The van der Waals surface area contributed by atoms with Crippen LogP contribution < -0.4 is 5.43 Å². The normalized spacial score (nSPS) is 11.0. The van der Waals surface area contributed by atoms with E-state index in [9.17, 15) is 4.79 Å². The molecule has 0 amide bonds. The molecule has 0 aliphatic heterocycles. The van der Waals surface area contributed by atoms with Gasteiger partial charge in [0, 0.05) is 0 Å². The topological polar surface area (TPSA) is 79.4 Å². The third kappa shape index (κ3) is 2.95. The van der Waals surface area contributed by atoms with Gasteiger partial charge in [-0.2, -0.15) is 5.10 Å². The van der Waals surface area contributed by atoms with Crippen LogP contribution in [0.5, 0.6) is 0 Å². The fraction of sp³-hybridized carbons (Fsp3) is 0.0625. The van der Waals surface area contributed by atoms with Gasteiger partial charge in [-0.3, -0.25) is 0 Å². The number of carbonyl (C=O) groups is 1. The van der Waals surface area contributed by atoms with Crippen molar-refractivity contribution in [1.29, 1.82) is 0 Å². The summed E-state index contributed by atoms with van der Waals surface area (Å²) < 4.78 is 4.65. The van der Waals surface area contributed by atoms with Crippen LogP contribution in [-0.2, 0) is 4.74 Å². The summed E-state index contributed by atoms with van der Waals surface area (Å²) in [6.45, 7) is 0. The molecular formula is C16H14N4O2. The maximum atomic E-state index is 11.3. The molecular weight excluding hydrogens is 280 g/mol. The average molecular weight is 294 g/mol. The molecule has 0 fully saturated rings. The van der Waals surface area contributed by atoms with Crippen molar-refractivity contribution in [2.75, 3.05) is 12.5 Å². The predicted octanol–water partition coefficient (Wildman–Crippen LogP) is 2.80. The number of ether oxygens (including phenoxy) is 1. The molecule has 22 heavy (non-hydrogen) atoms. The Hall–Kier alpha value is -3.15. The molecule has 0 spiro atoms. The summed E-state index contributed by atoms with van der Waals surface area (Å²) in [6.07, 6.45) is 1.65. The molecule has 0 aliphatic rings. The van der Waals surface area contributed by atoms with Crippen molar-refractivity contribution >= 4 is 29.2 Å². The van der Waals surface area contributed by atoms with Gasteiger partial charge in [-0.15, -0.1) is 0 Å². The van der Waals surface area contributed by atoms with Gasteiger partial charge in [-0.1, -0.05) is 24.3 Å². The zero-order valence-corrected chi connectivity index (χ0v) is 11.9. The maximum Gasteiger partial charge on any atom is 0.337 e. The van der Waals surface area contributed by atoms with Crippen LogP contribution in [0.1, 0.15) is 15.9 Å². The molecule has 6 heteroatoms. The van der Waals surface area contributed by atoms with Gasteiger partial charge in [0.05, 0.1) is 29.9 Å². The molecule has 1 heterocycles.